The summed E-state index contributed by atoms with van der Waals surface area (Å²) < 4.78 is 2.74. The Labute approximate surface area is 230 Å². The first-order chi connectivity index (χ1) is 17.8. The number of nitrogens with zero attached hydrogens (tertiary/aromatic N) is 2. The summed E-state index contributed by atoms with van der Waals surface area (Å²) in [6, 6.07) is 19.3. The van der Waals surface area contributed by atoms with E-state index in [-0.39, 0.29) is 11.5 Å². The second kappa shape index (κ2) is 12.0. The van der Waals surface area contributed by atoms with Crippen LogP contribution in [0.25, 0.3) is 11.0 Å². The summed E-state index contributed by atoms with van der Waals surface area (Å²) in [6.07, 6.45) is 2.35. The summed E-state index contributed by atoms with van der Waals surface area (Å²) in [5.41, 5.74) is 6.26. The zero-order chi connectivity index (χ0) is 26.5. The minimum absolute atomic E-state index is 0.103. The third kappa shape index (κ3) is 6.43. The fraction of sp³-hybridized carbons (Fsp3) is 0.276. The summed E-state index contributed by atoms with van der Waals surface area (Å²) in [4.78, 5) is 29.1. The maximum absolute atomic E-state index is 12.7. The Bertz CT molecular complexity index is 1440. The molecule has 0 aliphatic heterocycles. The highest BCUT2D eigenvalue weighted by Gasteiger charge is 2.17. The third-order valence-corrected chi connectivity index (χ3v) is 7.38. The molecule has 0 radical (unpaired) electrons. The van der Waals surface area contributed by atoms with Crippen molar-refractivity contribution in [2.24, 2.45) is 0 Å². The van der Waals surface area contributed by atoms with E-state index < -0.39 is 11.2 Å². The quantitative estimate of drug-likeness (QED) is 0.202. The number of carboxylic acid groups (broad SMARTS) is 1. The number of nitrogens with one attached hydrogen (secondary N) is 1. The van der Waals surface area contributed by atoms with Gasteiger partial charge in [-0.05, 0) is 76.1 Å². The molecule has 1 amide bonds. The Hall–Kier alpha value is -3.10. The first kappa shape index (κ1) is 26.9. The van der Waals surface area contributed by atoms with Gasteiger partial charge < -0.3 is 15.0 Å². The lowest BCUT2D eigenvalue weighted by atomic mass is 10.1. The molecule has 3 aromatic carbocycles. The number of rotatable bonds is 10. The van der Waals surface area contributed by atoms with Crippen LogP contribution in [0.2, 0.25) is 0 Å². The van der Waals surface area contributed by atoms with E-state index in [1.54, 1.807) is 6.07 Å². The van der Waals surface area contributed by atoms with Crippen LogP contribution in [0.4, 0.5) is 0 Å². The molecule has 192 valence electrons. The van der Waals surface area contributed by atoms with Gasteiger partial charge in [0, 0.05) is 24.0 Å². The van der Waals surface area contributed by atoms with Crippen molar-refractivity contribution >= 4 is 51.5 Å². The van der Waals surface area contributed by atoms with Crippen molar-refractivity contribution in [1.82, 2.24) is 14.9 Å². The number of carboxylic acids is 1. The zero-order valence-electron chi connectivity index (χ0n) is 20.9. The molecule has 0 saturated carbocycles. The highest BCUT2D eigenvalue weighted by atomic mass is 79.9. The second-order valence-corrected chi connectivity index (χ2v) is 10.7. The van der Waals surface area contributed by atoms with Gasteiger partial charge >= 0.3 is 5.97 Å². The van der Waals surface area contributed by atoms with Gasteiger partial charge in [-0.2, -0.15) is 12.6 Å². The number of aromatic nitrogens is 2. The minimum atomic E-state index is -0.965. The van der Waals surface area contributed by atoms with Crippen molar-refractivity contribution in [2.45, 2.75) is 51.4 Å². The Morgan fingerprint density at radius 3 is 2.51 bits per heavy atom. The number of benzene rings is 3. The molecule has 1 heterocycles. The molecule has 8 heteroatoms. The van der Waals surface area contributed by atoms with Crippen LogP contribution in [0.3, 0.4) is 0 Å². The van der Waals surface area contributed by atoms with Crippen molar-refractivity contribution in [3.63, 3.8) is 0 Å². The Morgan fingerprint density at radius 2 is 1.84 bits per heavy atom. The summed E-state index contributed by atoms with van der Waals surface area (Å²) >= 11 is 7.91. The fourth-order valence-corrected chi connectivity index (χ4v) is 5.35. The molecular formula is C29H30BrN3O3S. The number of thiol groups is 1. The molecule has 37 heavy (non-hydrogen) atoms. The molecule has 6 nitrogen and oxygen atoms in total. The van der Waals surface area contributed by atoms with E-state index in [4.69, 9.17) is 4.98 Å². The Kier molecular flexibility index (Phi) is 8.71. The average molecular weight is 581 g/mol. The predicted molar refractivity (Wildman–Crippen MR) is 153 cm³/mol. The lowest BCUT2D eigenvalue weighted by Crippen LogP contribution is -2.32. The summed E-state index contributed by atoms with van der Waals surface area (Å²) in [5.74, 6) is -0.0836. The number of imidazole rings is 1. The largest absolute Gasteiger partial charge is 0.478 e. The van der Waals surface area contributed by atoms with E-state index >= 15 is 0 Å². The van der Waals surface area contributed by atoms with E-state index in [0.29, 0.717) is 24.0 Å². The first-order valence-corrected chi connectivity index (χ1v) is 13.6. The van der Waals surface area contributed by atoms with Crippen LogP contribution in [-0.2, 0) is 30.7 Å². The number of fused-ring (bicyclic) bond motifs is 1. The van der Waals surface area contributed by atoms with Crippen LogP contribution in [0, 0.1) is 6.92 Å². The van der Waals surface area contributed by atoms with Gasteiger partial charge in [-0.3, -0.25) is 4.79 Å². The Morgan fingerprint density at radius 1 is 1.08 bits per heavy atom. The molecule has 2 N–H and O–H groups in total. The molecule has 1 aromatic heterocycles. The zero-order valence-corrected chi connectivity index (χ0v) is 23.4. The number of hydrogen-bond donors (Lipinski definition) is 3. The number of aryl methyl sites for hydroxylation is 2. The standard InChI is InChI=1S/C29H30BrN3O3S/c1-3-7-26-32-27-18(2)12-21(16-31-28(34)25(37)15-19-8-5-4-6-9-19)14-24(27)33(26)17-20-10-11-22(29(35)36)23(30)13-20/h4-6,8-14,25,37H,3,7,15-17H2,1-2H3,(H,31,34)(H,35,36). The van der Waals surface area contributed by atoms with E-state index in [9.17, 15) is 14.7 Å². The smallest absolute Gasteiger partial charge is 0.336 e. The normalized spacial score (nSPS) is 12.0. The number of hydrogen-bond acceptors (Lipinski definition) is 4. The average Bonchev–Trinajstić information content (AvgIpc) is 3.20. The molecule has 4 rings (SSSR count). The molecular weight excluding hydrogens is 550 g/mol. The van der Waals surface area contributed by atoms with E-state index in [0.717, 1.165) is 52.0 Å². The van der Waals surface area contributed by atoms with Crippen molar-refractivity contribution in [3.8, 4) is 0 Å². The van der Waals surface area contributed by atoms with Crippen LogP contribution in [0.15, 0.2) is 65.1 Å². The molecule has 0 spiro atoms. The van der Waals surface area contributed by atoms with E-state index in [1.807, 2.05) is 49.4 Å². The summed E-state index contributed by atoms with van der Waals surface area (Å²) in [5, 5.41) is 11.9. The SMILES string of the molecule is CCCc1nc2c(C)cc(CNC(=O)C(S)Cc3ccccc3)cc2n1Cc1ccc(C(=O)O)c(Br)c1. The third-order valence-electron chi connectivity index (χ3n) is 6.30. The first-order valence-electron chi connectivity index (χ1n) is 12.3. The predicted octanol–water partition coefficient (Wildman–Crippen LogP) is 5.96. The molecule has 4 aromatic rings. The van der Waals surface area contributed by atoms with E-state index in [1.165, 1.54) is 0 Å². The van der Waals surface area contributed by atoms with Gasteiger partial charge in [-0.25, -0.2) is 9.78 Å². The number of aromatic carboxylic acids is 1. The molecule has 0 aliphatic carbocycles. The molecule has 1 atom stereocenters. The van der Waals surface area contributed by atoms with Gasteiger partial charge in [-0.15, -0.1) is 0 Å². The van der Waals surface area contributed by atoms with Gasteiger partial charge in [0.15, 0.2) is 0 Å². The molecule has 0 fully saturated rings. The number of carbonyl (C=O) groups excluding carboxylic acids is 1. The Balaban J connectivity index is 1.58. The topological polar surface area (TPSA) is 84.2 Å². The van der Waals surface area contributed by atoms with Gasteiger partial charge in [0.2, 0.25) is 5.91 Å². The molecule has 0 aliphatic rings. The fourth-order valence-electron chi connectivity index (χ4n) is 4.46. The van der Waals surface area contributed by atoms with Gasteiger partial charge in [0.05, 0.1) is 21.8 Å². The number of amides is 1. The van der Waals surface area contributed by atoms with Crippen molar-refractivity contribution < 1.29 is 14.7 Å². The van der Waals surface area contributed by atoms with E-state index in [2.05, 4.69) is 57.5 Å². The van der Waals surface area contributed by atoms with Gasteiger partial charge in [0.25, 0.3) is 0 Å². The highest BCUT2D eigenvalue weighted by molar-refractivity contribution is 9.10. The monoisotopic (exact) mass is 579 g/mol. The van der Waals surface area contributed by atoms with Crippen LogP contribution in [0.5, 0.6) is 0 Å². The maximum atomic E-state index is 12.7. The summed E-state index contributed by atoms with van der Waals surface area (Å²) in [6.45, 7) is 5.12. The van der Waals surface area contributed by atoms with Crippen LogP contribution >= 0.6 is 28.6 Å². The van der Waals surface area contributed by atoms with Crippen molar-refractivity contribution in [3.05, 3.63) is 98.8 Å². The lowest BCUT2D eigenvalue weighted by Gasteiger charge is -2.13. The summed E-state index contributed by atoms with van der Waals surface area (Å²) in [7, 11) is 0. The minimum Gasteiger partial charge on any atom is -0.478 e. The highest BCUT2D eigenvalue weighted by Crippen LogP contribution is 2.26. The van der Waals surface area contributed by atoms with Crippen LogP contribution in [-0.4, -0.2) is 31.8 Å². The van der Waals surface area contributed by atoms with Crippen molar-refractivity contribution in [1.29, 1.82) is 0 Å². The molecule has 0 saturated heterocycles. The van der Waals surface area contributed by atoms with Gasteiger partial charge in [-0.1, -0.05) is 49.4 Å². The number of halogens is 1. The second-order valence-electron chi connectivity index (χ2n) is 9.19. The van der Waals surface area contributed by atoms with Gasteiger partial charge in [0.1, 0.15) is 5.82 Å². The number of carbonyl (C=O) groups is 2. The van der Waals surface area contributed by atoms with Crippen molar-refractivity contribution in [2.75, 3.05) is 0 Å². The lowest BCUT2D eigenvalue weighted by molar-refractivity contribution is -0.120. The van der Waals surface area contributed by atoms with Crippen LogP contribution in [0.1, 0.15) is 51.8 Å². The molecule has 0 bridgehead atoms. The molecule has 1 unspecified atom stereocenters. The maximum Gasteiger partial charge on any atom is 0.336 e. The van der Waals surface area contributed by atoms with Crippen LogP contribution < -0.4 is 5.32 Å².